The average Bonchev–Trinajstić information content (AvgIpc) is 2.46. The Hall–Kier alpha value is -2.04. The van der Waals surface area contributed by atoms with Crippen LogP contribution in [0.25, 0.3) is 0 Å². The molecule has 0 radical (unpaired) electrons. The van der Waals surface area contributed by atoms with Crippen LogP contribution in [0.15, 0.2) is 24.3 Å². The predicted molar refractivity (Wildman–Crippen MR) is 79.2 cm³/mol. The van der Waals surface area contributed by atoms with E-state index in [1.807, 2.05) is 12.1 Å². The second-order valence-electron chi connectivity index (χ2n) is 4.49. The minimum atomic E-state index is -1.01. The van der Waals surface area contributed by atoms with Gasteiger partial charge in [-0.05, 0) is 44.5 Å². The SMILES string of the molecule is CCC(NC(=O)c1ccc(N(CC)CC)cc1)C(=O)O. The molecule has 110 valence electrons. The fourth-order valence-corrected chi connectivity index (χ4v) is 1.99. The zero-order valence-electron chi connectivity index (χ0n) is 12.2. The van der Waals surface area contributed by atoms with Crippen molar-refractivity contribution in [3.05, 3.63) is 29.8 Å². The van der Waals surface area contributed by atoms with E-state index in [1.165, 1.54) is 0 Å². The topological polar surface area (TPSA) is 69.6 Å². The zero-order chi connectivity index (χ0) is 15.1. The second kappa shape index (κ2) is 7.53. The van der Waals surface area contributed by atoms with Gasteiger partial charge in [-0.3, -0.25) is 4.79 Å². The van der Waals surface area contributed by atoms with Crippen LogP contribution in [-0.2, 0) is 4.79 Å². The summed E-state index contributed by atoms with van der Waals surface area (Å²) in [7, 11) is 0. The van der Waals surface area contributed by atoms with Gasteiger partial charge in [-0.15, -0.1) is 0 Å². The fraction of sp³-hybridized carbons (Fsp3) is 0.467. The monoisotopic (exact) mass is 278 g/mol. The molecule has 1 atom stereocenters. The molecule has 0 fully saturated rings. The van der Waals surface area contributed by atoms with Crippen molar-refractivity contribution in [2.75, 3.05) is 18.0 Å². The summed E-state index contributed by atoms with van der Waals surface area (Å²) in [6, 6.07) is 6.35. The van der Waals surface area contributed by atoms with Crippen LogP contribution in [-0.4, -0.2) is 36.1 Å². The smallest absolute Gasteiger partial charge is 0.326 e. The molecule has 0 aliphatic carbocycles. The first-order valence-electron chi connectivity index (χ1n) is 6.92. The number of amides is 1. The standard InChI is InChI=1S/C15H22N2O3/c1-4-13(15(19)20)16-14(18)11-7-9-12(10-8-11)17(5-2)6-3/h7-10,13H,4-6H2,1-3H3,(H,16,18)(H,19,20). The van der Waals surface area contributed by atoms with Crippen molar-refractivity contribution in [2.24, 2.45) is 0 Å². The second-order valence-corrected chi connectivity index (χ2v) is 4.49. The molecular formula is C15H22N2O3. The molecule has 0 bridgehead atoms. The van der Waals surface area contributed by atoms with Crippen molar-refractivity contribution in [3.63, 3.8) is 0 Å². The molecule has 0 aliphatic heterocycles. The molecule has 1 rings (SSSR count). The predicted octanol–water partition coefficient (Wildman–Crippen LogP) is 2.13. The van der Waals surface area contributed by atoms with E-state index >= 15 is 0 Å². The van der Waals surface area contributed by atoms with Crippen LogP contribution in [0.2, 0.25) is 0 Å². The van der Waals surface area contributed by atoms with Crippen LogP contribution >= 0.6 is 0 Å². The number of rotatable bonds is 7. The molecule has 1 unspecified atom stereocenters. The summed E-state index contributed by atoms with van der Waals surface area (Å²) >= 11 is 0. The number of carbonyl (C=O) groups excluding carboxylic acids is 1. The van der Waals surface area contributed by atoms with E-state index in [1.54, 1.807) is 19.1 Å². The minimum absolute atomic E-state index is 0.356. The van der Waals surface area contributed by atoms with Gasteiger partial charge in [0.2, 0.25) is 0 Å². The Labute approximate surface area is 119 Å². The van der Waals surface area contributed by atoms with E-state index in [2.05, 4.69) is 24.1 Å². The Balaban J connectivity index is 2.77. The number of carbonyl (C=O) groups is 2. The van der Waals surface area contributed by atoms with E-state index in [0.29, 0.717) is 12.0 Å². The lowest BCUT2D eigenvalue weighted by molar-refractivity contribution is -0.139. The maximum Gasteiger partial charge on any atom is 0.326 e. The van der Waals surface area contributed by atoms with Gasteiger partial charge in [0.05, 0.1) is 0 Å². The number of anilines is 1. The van der Waals surface area contributed by atoms with Crippen LogP contribution in [0, 0.1) is 0 Å². The molecular weight excluding hydrogens is 256 g/mol. The Kier molecular flexibility index (Phi) is 6.03. The Bertz CT molecular complexity index is 453. The first-order valence-corrected chi connectivity index (χ1v) is 6.92. The fourth-order valence-electron chi connectivity index (χ4n) is 1.99. The van der Waals surface area contributed by atoms with Crippen molar-refractivity contribution >= 4 is 17.6 Å². The normalized spacial score (nSPS) is 11.8. The lowest BCUT2D eigenvalue weighted by Crippen LogP contribution is -2.40. The molecule has 0 heterocycles. The lowest BCUT2D eigenvalue weighted by Gasteiger charge is -2.21. The highest BCUT2D eigenvalue weighted by Gasteiger charge is 2.18. The highest BCUT2D eigenvalue weighted by molar-refractivity contribution is 5.96. The minimum Gasteiger partial charge on any atom is -0.480 e. The van der Waals surface area contributed by atoms with Gasteiger partial charge in [0.25, 0.3) is 5.91 Å². The largest absolute Gasteiger partial charge is 0.480 e. The van der Waals surface area contributed by atoms with E-state index in [-0.39, 0.29) is 5.91 Å². The van der Waals surface area contributed by atoms with Crippen LogP contribution in [0.1, 0.15) is 37.6 Å². The highest BCUT2D eigenvalue weighted by atomic mass is 16.4. The van der Waals surface area contributed by atoms with Crippen molar-refractivity contribution in [3.8, 4) is 0 Å². The Morgan fingerprint density at radius 3 is 2.10 bits per heavy atom. The summed E-state index contributed by atoms with van der Waals surface area (Å²) in [6.45, 7) is 7.67. The Morgan fingerprint density at radius 1 is 1.15 bits per heavy atom. The number of aliphatic carboxylic acids is 1. The van der Waals surface area contributed by atoms with Crippen LogP contribution in [0.4, 0.5) is 5.69 Å². The molecule has 2 N–H and O–H groups in total. The zero-order valence-corrected chi connectivity index (χ0v) is 12.2. The summed E-state index contributed by atoms with van der Waals surface area (Å²) < 4.78 is 0. The number of carboxylic acids is 1. The maximum absolute atomic E-state index is 12.0. The van der Waals surface area contributed by atoms with Crippen LogP contribution in [0.3, 0.4) is 0 Å². The molecule has 0 aliphatic rings. The molecule has 0 spiro atoms. The molecule has 20 heavy (non-hydrogen) atoms. The number of nitrogens with one attached hydrogen (secondary N) is 1. The molecule has 1 aromatic carbocycles. The summed E-state index contributed by atoms with van der Waals surface area (Å²) in [6.07, 6.45) is 0.360. The molecule has 1 aromatic rings. The molecule has 0 saturated heterocycles. The number of carboxylic acid groups (broad SMARTS) is 1. The number of hydrogen-bond acceptors (Lipinski definition) is 3. The third kappa shape index (κ3) is 3.98. The van der Waals surface area contributed by atoms with Gasteiger partial charge in [-0.1, -0.05) is 6.92 Å². The van der Waals surface area contributed by atoms with Gasteiger partial charge >= 0.3 is 5.97 Å². The lowest BCUT2D eigenvalue weighted by atomic mass is 10.1. The summed E-state index contributed by atoms with van der Waals surface area (Å²) in [5.41, 5.74) is 1.53. The van der Waals surface area contributed by atoms with Gasteiger partial charge in [-0.25, -0.2) is 4.79 Å². The first-order chi connectivity index (χ1) is 9.53. The molecule has 0 saturated carbocycles. The van der Waals surface area contributed by atoms with Gasteiger partial charge in [0.15, 0.2) is 0 Å². The third-order valence-corrected chi connectivity index (χ3v) is 3.27. The van der Waals surface area contributed by atoms with Crippen LogP contribution < -0.4 is 10.2 Å². The van der Waals surface area contributed by atoms with E-state index in [0.717, 1.165) is 18.8 Å². The van der Waals surface area contributed by atoms with E-state index in [4.69, 9.17) is 5.11 Å². The molecule has 5 heteroatoms. The van der Waals surface area contributed by atoms with Crippen molar-refractivity contribution in [2.45, 2.75) is 33.2 Å². The molecule has 0 aromatic heterocycles. The summed E-state index contributed by atoms with van der Waals surface area (Å²) in [5, 5.41) is 11.4. The van der Waals surface area contributed by atoms with Gasteiger partial charge < -0.3 is 15.3 Å². The number of benzene rings is 1. The van der Waals surface area contributed by atoms with Crippen molar-refractivity contribution in [1.29, 1.82) is 0 Å². The summed E-state index contributed by atoms with van der Waals surface area (Å²) in [5.74, 6) is -1.37. The van der Waals surface area contributed by atoms with Gasteiger partial charge in [0.1, 0.15) is 6.04 Å². The van der Waals surface area contributed by atoms with E-state index in [9.17, 15) is 9.59 Å². The summed E-state index contributed by atoms with van der Waals surface area (Å²) in [4.78, 5) is 25.0. The van der Waals surface area contributed by atoms with Crippen molar-refractivity contribution < 1.29 is 14.7 Å². The quantitative estimate of drug-likeness (QED) is 0.801. The van der Waals surface area contributed by atoms with E-state index < -0.39 is 12.0 Å². The van der Waals surface area contributed by atoms with Gasteiger partial charge in [0, 0.05) is 24.3 Å². The third-order valence-electron chi connectivity index (χ3n) is 3.27. The first kappa shape index (κ1) is 16.0. The average molecular weight is 278 g/mol. The maximum atomic E-state index is 12.0. The Morgan fingerprint density at radius 2 is 1.70 bits per heavy atom. The van der Waals surface area contributed by atoms with Gasteiger partial charge in [-0.2, -0.15) is 0 Å². The van der Waals surface area contributed by atoms with Crippen LogP contribution in [0.5, 0.6) is 0 Å². The number of hydrogen-bond donors (Lipinski definition) is 2. The molecule has 5 nitrogen and oxygen atoms in total. The molecule has 1 amide bonds. The number of nitrogens with zero attached hydrogens (tertiary/aromatic N) is 1. The van der Waals surface area contributed by atoms with Crippen molar-refractivity contribution in [1.82, 2.24) is 5.32 Å². The highest BCUT2D eigenvalue weighted by Crippen LogP contribution is 2.15.